The summed E-state index contributed by atoms with van der Waals surface area (Å²) in [6, 6.07) is 3.10. The summed E-state index contributed by atoms with van der Waals surface area (Å²) >= 11 is 0.992. The average Bonchev–Trinajstić information content (AvgIpc) is 3.37. The molecule has 3 aromatic rings. The molecular weight excluding hydrogens is 573 g/mol. The minimum atomic E-state index is -1.66. The second-order valence-electron chi connectivity index (χ2n) is 8.83. The van der Waals surface area contributed by atoms with Gasteiger partial charge in [-0.1, -0.05) is 17.0 Å². The first-order chi connectivity index (χ1) is 19.4. The number of ether oxygens (including phenoxy) is 4. The number of aromatic amines is 1. The number of rotatable bonds is 8. The number of esters is 3. The molecule has 1 fully saturated rings. The third kappa shape index (κ3) is 7.13. The Balaban J connectivity index is 1.82. The van der Waals surface area contributed by atoms with Crippen LogP contribution in [0.3, 0.4) is 0 Å². The molecule has 5 atom stereocenters. The molecule has 1 saturated heterocycles. The van der Waals surface area contributed by atoms with Crippen molar-refractivity contribution in [3.05, 3.63) is 64.5 Å². The molecule has 1 aliphatic heterocycles. The second kappa shape index (κ2) is 12.6. The summed E-state index contributed by atoms with van der Waals surface area (Å²) in [5.74, 6) is -6.73. The summed E-state index contributed by atoms with van der Waals surface area (Å²) in [5.41, 5.74) is -1.74. The third-order valence-electron chi connectivity index (χ3n) is 5.77. The normalized spacial score (nSPS) is 22.1. The van der Waals surface area contributed by atoms with E-state index in [2.05, 4.69) is 15.3 Å². The van der Waals surface area contributed by atoms with Crippen LogP contribution in [0.1, 0.15) is 26.8 Å². The Morgan fingerprint density at radius 3 is 2.29 bits per heavy atom. The number of carbonyl (C=O) groups is 3. The van der Waals surface area contributed by atoms with Gasteiger partial charge in [-0.3, -0.25) is 19.2 Å². The molecule has 0 aliphatic carbocycles. The van der Waals surface area contributed by atoms with Crippen molar-refractivity contribution in [2.24, 2.45) is 0 Å². The Morgan fingerprint density at radius 1 is 1.02 bits per heavy atom. The Bertz CT molecular complexity index is 1490. The summed E-state index contributed by atoms with van der Waals surface area (Å²) in [6.45, 7) is 3.03. The van der Waals surface area contributed by atoms with Crippen LogP contribution in [0.5, 0.6) is 0 Å². The van der Waals surface area contributed by atoms with Gasteiger partial charge in [-0.15, -0.1) is 5.10 Å². The maximum Gasteiger partial charge on any atom is 0.303 e. The van der Waals surface area contributed by atoms with E-state index in [1.54, 1.807) is 6.07 Å². The molecule has 0 radical (unpaired) electrons. The van der Waals surface area contributed by atoms with Crippen molar-refractivity contribution in [2.45, 2.75) is 55.5 Å². The molecule has 0 bridgehead atoms. The molecule has 1 aliphatic rings. The lowest BCUT2D eigenvalue weighted by Crippen LogP contribution is -2.57. The zero-order valence-electron chi connectivity index (χ0n) is 21.7. The standard InChI is InChI=1S/C25H23F3N4O8S/c1-11(33)37-10-19-23(38-12(2)34)22(32-9-18(30-31-32)14-6-16(26)21(28)17(27)7-14)24(39-13(3)35)25(40-19)41-15-4-5-29-20(36)8-15/h4-9,19,22-25H,10H2,1-3H3,(H,29,36)/t19?,22?,23-,24?,25+/m0/s1. The molecule has 0 amide bonds. The SMILES string of the molecule is CC(=O)OCC1O[C@H](Sc2cc[nH]c(=O)c2)C(OC(C)=O)C(n2cc(-c3cc(F)c(F)c(F)c3)nn2)[C@H]1OC(C)=O. The molecule has 3 heterocycles. The first-order valence-electron chi connectivity index (χ1n) is 12.0. The Hall–Kier alpha value is -4.18. The largest absolute Gasteiger partial charge is 0.463 e. The van der Waals surface area contributed by atoms with Gasteiger partial charge in [-0.25, -0.2) is 17.9 Å². The summed E-state index contributed by atoms with van der Waals surface area (Å²) in [4.78, 5) is 50.8. The predicted octanol–water partition coefficient (Wildman–Crippen LogP) is 2.54. The smallest absolute Gasteiger partial charge is 0.303 e. The topological polar surface area (TPSA) is 152 Å². The molecule has 0 spiro atoms. The van der Waals surface area contributed by atoms with Gasteiger partial charge in [0.15, 0.2) is 29.7 Å². The van der Waals surface area contributed by atoms with Crippen LogP contribution in [0.15, 0.2) is 46.3 Å². The third-order valence-corrected chi connectivity index (χ3v) is 6.90. The van der Waals surface area contributed by atoms with Gasteiger partial charge in [0, 0.05) is 43.5 Å². The fourth-order valence-corrected chi connectivity index (χ4v) is 5.31. The van der Waals surface area contributed by atoms with Crippen LogP contribution in [-0.2, 0) is 33.3 Å². The lowest BCUT2D eigenvalue weighted by molar-refractivity contribution is -0.212. The van der Waals surface area contributed by atoms with E-state index in [0.29, 0.717) is 4.90 Å². The number of halogens is 3. The van der Waals surface area contributed by atoms with Gasteiger partial charge in [-0.05, 0) is 18.2 Å². The Morgan fingerprint density at radius 2 is 1.68 bits per heavy atom. The van der Waals surface area contributed by atoms with Gasteiger partial charge in [0.2, 0.25) is 5.56 Å². The van der Waals surface area contributed by atoms with Crippen molar-refractivity contribution in [1.82, 2.24) is 20.0 Å². The Labute approximate surface area is 234 Å². The molecule has 1 aromatic carbocycles. The minimum Gasteiger partial charge on any atom is -0.463 e. The van der Waals surface area contributed by atoms with Crippen molar-refractivity contribution in [1.29, 1.82) is 0 Å². The van der Waals surface area contributed by atoms with Crippen LogP contribution >= 0.6 is 11.8 Å². The van der Waals surface area contributed by atoms with Crippen LogP contribution in [0.4, 0.5) is 13.2 Å². The number of benzene rings is 1. The fraction of sp³-hybridized carbons (Fsp3) is 0.360. The molecule has 4 rings (SSSR count). The van der Waals surface area contributed by atoms with Gasteiger partial charge in [0.1, 0.15) is 29.9 Å². The van der Waals surface area contributed by atoms with Crippen molar-refractivity contribution >= 4 is 29.7 Å². The van der Waals surface area contributed by atoms with E-state index in [1.807, 2.05) is 0 Å². The highest BCUT2D eigenvalue weighted by Crippen LogP contribution is 2.41. The monoisotopic (exact) mass is 596 g/mol. The quantitative estimate of drug-likeness (QED) is 0.232. The second-order valence-corrected chi connectivity index (χ2v) is 10.0. The van der Waals surface area contributed by atoms with E-state index in [9.17, 15) is 32.3 Å². The molecule has 41 heavy (non-hydrogen) atoms. The number of aromatic nitrogens is 4. The van der Waals surface area contributed by atoms with Crippen LogP contribution < -0.4 is 5.56 Å². The molecule has 3 unspecified atom stereocenters. The number of H-pyrrole nitrogens is 1. The zero-order chi connectivity index (χ0) is 29.8. The first-order valence-corrected chi connectivity index (χ1v) is 12.9. The highest BCUT2D eigenvalue weighted by molar-refractivity contribution is 7.99. The predicted molar refractivity (Wildman–Crippen MR) is 134 cm³/mol. The van der Waals surface area contributed by atoms with Crippen LogP contribution in [0.2, 0.25) is 0 Å². The van der Waals surface area contributed by atoms with E-state index in [-0.39, 0.29) is 17.9 Å². The lowest BCUT2D eigenvalue weighted by Gasteiger charge is -2.44. The van der Waals surface area contributed by atoms with Gasteiger partial charge in [-0.2, -0.15) is 0 Å². The highest BCUT2D eigenvalue weighted by atomic mass is 32.2. The number of hydrogen-bond donors (Lipinski definition) is 1. The van der Waals surface area contributed by atoms with Crippen LogP contribution in [0.25, 0.3) is 11.3 Å². The number of pyridine rings is 1. The number of nitrogens with zero attached hydrogens (tertiary/aromatic N) is 3. The lowest BCUT2D eigenvalue weighted by atomic mass is 9.96. The van der Waals surface area contributed by atoms with Gasteiger partial charge < -0.3 is 23.9 Å². The van der Waals surface area contributed by atoms with Gasteiger partial charge >= 0.3 is 17.9 Å². The highest BCUT2D eigenvalue weighted by Gasteiger charge is 2.52. The number of nitrogens with one attached hydrogen (secondary N) is 1. The fourth-order valence-electron chi connectivity index (χ4n) is 4.17. The Kier molecular flexibility index (Phi) is 9.12. The summed E-state index contributed by atoms with van der Waals surface area (Å²) < 4.78 is 64.9. The van der Waals surface area contributed by atoms with Crippen LogP contribution in [0, 0.1) is 17.5 Å². The van der Waals surface area contributed by atoms with Crippen molar-refractivity contribution < 1.29 is 46.5 Å². The van der Waals surface area contributed by atoms with E-state index < -0.39 is 70.7 Å². The zero-order valence-corrected chi connectivity index (χ0v) is 22.5. The first kappa shape index (κ1) is 29.8. The van der Waals surface area contributed by atoms with Gasteiger partial charge in [0.05, 0.1) is 6.20 Å². The maximum atomic E-state index is 13.9. The maximum absolute atomic E-state index is 13.9. The van der Waals surface area contributed by atoms with Crippen molar-refractivity contribution in [2.75, 3.05) is 6.61 Å². The molecule has 218 valence electrons. The molecule has 12 nitrogen and oxygen atoms in total. The molecule has 2 aromatic heterocycles. The molecule has 0 saturated carbocycles. The molecule has 16 heteroatoms. The van der Waals surface area contributed by atoms with E-state index in [0.717, 1.165) is 49.3 Å². The summed E-state index contributed by atoms with van der Waals surface area (Å²) in [7, 11) is 0. The minimum absolute atomic E-state index is 0.0900. The van der Waals surface area contributed by atoms with Crippen molar-refractivity contribution in [3.63, 3.8) is 0 Å². The number of thioether (sulfide) groups is 1. The van der Waals surface area contributed by atoms with E-state index >= 15 is 0 Å². The molecule has 1 N–H and O–H groups in total. The average molecular weight is 597 g/mol. The number of hydrogen-bond acceptors (Lipinski definition) is 11. The van der Waals surface area contributed by atoms with Crippen LogP contribution in [-0.4, -0.2) is 68.2 Å². The number of carbonyl (C=O) groups excluding carboxylic acids is 3. The van der Waals surface area contributed by atoms with E-state index in [4.69, 9.17) is 18.9 Å². The summed E-state index contributed by atoms with van der Waals surface area (Å²) in [6.07, 6.45) is -1.05. The molecular formula is C25H23F3N4O8S. The van der Waals surface area contributed by atoms with E-state index in [1.165, 1.54) is 18.5 Å². The van der Waals surface area contributed by atoms with Crippen molar-refractivity contribution in [3.8, 4) is 11.3 Å². The van der Waals surface area contributed by atoms with Gasteiger partial charge in [0.25, 0.3) is 0 Å². The summed E-state index contributed by atoms with van der Waals surface area (Å²) in [5, 5.41) is 7.93.